The van der Waals surface area contributed by atoms with E-state index in [2.05, 4.69) is 10.6 Å². The Hall–Kier alpha value is -1.49. The van der Waals surface area contributed by atoms with Crippen molar-refractivity contribution in [2.45, 2.75) is 51.1 Å². The molecule has 5 heteroatoms. The number of piperidine rings is 1. The van der Waals surface area contributed by atoms with Gasteiger partial charge in [-0.25, -0.2) is 8.78 Å². The zero-order valence-electron chi connectivity index (χ0n) is 12.3. The highest BCUT2D eigenvalue weighted by Gasteiger charge is 2.16. The number of carbonyl (C=O) groups is 1. The topological polar surface area (TPSA) is 41.1 Å². The molecule has 1 fully saturated rings. The van der Waals surface area contributed by atoms with Crippen molar-refractivity contribution in [3.8, 4) is 0 Å². The van der Waals surface area contributed by atoms with Gasteiger partial charge in [0.05, 0.1) is 6.04 Å². The summed E-state index contributed by atoms with van der Waals surface area (Å²) >= 11 is 0. The summed E-state index contributed by atoms with van der Waals surface area (Å²) in [7, 11) is 0. The average Bonchev–Trinajstić information content (AvgIpc) is 2.49. The maximum Gasteiger partial charge on any atom is 0.220 e. The van der Waals surface area contributed by atoms with Crippen LogP contribution in [0.4, 0.5) is 8.78 Å². The lowest BCUT2D eigenvalue weighted by Gasteiger charge is -2.23. The molecule has 0 radical (unpaired) electrons. The molecule has 3 nitrogen and oxygen atoms in total. The molecule has 0 aromatic heterocycles. The van der Waals surface area contributed by atoms with Gasteiger partial charge in [-0.05, 0) is 50.4 Å². The van der Waals surface area contributed by atoms with Gasteiger partial charge in [-0.15, -0.1) is 0 Å². The van der Waals surface area contributed by atoms with E-state index in [4.69, 9.17) is 0 Å². The van der Waals surface area contributed by atoms with Gasteiger partial charge in [-0.3, -0.25) is 4.79 Å². The summed E-state index contributed by atoms with van der Waals surface area (Å²) < 4.78 is 26.1. The summed E-state index contributed by atoms with van der Waals surface area (Å²) in [5.74, 6) is -1.82. The van der Waals surface area contributed by atoms with Crippen LogP contribution in [0.2, 0.25) is 0 Å². The SMILES string of the molecule is CC(NC(=O)CCC1CCCCN1)c1ccc(F)c(F)c1. The zero-order valence-corrected chi connectivity index (χ0v) is 12.3. The third kappa shape index (κ3) is 4.77. The number of hydrogen-bond acceptors (Lipinski definition) is 2. The maximum atomic E-state index is 13.2. The molecule has 1 heterocycles. The number of nitrogens with one attached hydrogen (secondary N) is 2. The number of amides is 1. The fourth-order valence-electron chi connectivity index (χ4n) is 2.65. The van der Waals surface area contributed by atoms with Crippen LogP contribution in [-0.2, 0) is 4.79 Å². The number of carbonyl (C=O) groups excluding carboxylic acids is 1. The van der Waals surface area contributed by atoms with E-state index < -0.39 is 11.6 Å². The Morgan fingerprint density at radius 3 is 2.86 bits per heavy atom. The van der Waals surface area contributed by atoms with E-state index in [1.54, 1.807) is 6.92 Å². The largest absolute Gasteiger partial charge is 0.350 e. The monoisotopic (exact) mass is 296 g/mol. The molecule has 1 aromatic carbocycles. The van der Waals surface area contributed by atoms with Crippen LogP contribution in [0.3, 0.4) is 0 Å². The number of benzene rings is 1. The van der Waals surface area contributed by atoms with Crippen molar-refractivity contribution in [1.82, 2.24) is 10.6 Å². The highest BCUT2D eigenvalue weighted by Crippen LogP contribution is 2.17. The Balaban J connectivity index is 1.79. The minimum absolute atomic E-state index is 0.0559. The van der Waals surface area contributed by atoms with Crippen LogP contribution in [0.25, 0.3) is 0 Å². The first-order chi connectivity index (χ1) is 10.1. The van der Waals surface area contributed by atoms with E-state index in [9.17, 15) is 13.6 Å². The van der Waals surface area contributed by atoms with Crippen LogP contribution in [0.5, 0.6) is 0 Å². The van der Waals surface area contributed by atoms with Crippen LogP contribution in [0.15, 0.2) is 18.2 Å². The van der Waals surface area contributed by atoms with E-state index in [-0.39, 0.29) is 11.9 Å². The lowest BCUT2D eigenvalue weighted by Crippen LogP contribution is -2.35. The molecule has 0 aliphatic carbocycles. The number of hydrogen-bond donors (Lipinski definition) is 2. The van der Waals surface area contributed by atoms with Gasteiger partial charge in [0.2, 0.25) is 5.91 Å². The minimum atomic E-state index is -0.889. The highest BCUT2D eigenvalue weighted by atomic mass is 19.2. The summed E-state index contributed by atoms with van der Waals surface area (Å²) in [5.41, 5.74) is 0.568. The first kappa shape index (κ1) is 15.9. The normalized spacial score (nSPS) is 20.0. The Morgan fingerprint density at radius 2 is 2.19 bits per heavy atom. The van der Waals surface area contributed by atoms with Crippen molar-refractivity contribution in [1.29, 1.82) is 0 Å². The summed E-state index contributed by atoms with van der Waals surface area (Å²) in [6.07, 6.45) is 4.80. The molecule has 116 valence electrons. The lowest BCUT2D eigenvalue weighted by atomic mass is 10.00. The minimum Gasteiger partial charge on any atom is -0.350 e. The molecule has 1 saturated heterocycles. The fraction of sp³-hybridized carbons (Fsp3) is 0.562. The van der Waals surface area contributed by atoms with Crippen LogP contribution >= 0.6 is 0 Å². The second-order valence-corrected chi connectivity index (χ2v) is 5.65. The quantitative estimate of drug-likeness (QED) is 0.877. The molecule has 21 heavy (non-hydrogen) atoms. The zero-order chi connectivity index (χ0) is 15.2. The summed E-state index contributed by atoms with van der Waals surface area (Å²) in [6.45, 7) is 2.79. The van der Waals surface area contributed by atoms with Crippen molar-refractivity contribution in [2.75, 3.05) is 6.54 Å². The molecule has 0 spiro atoms. The molecule has 2 rings (SSSR count). The van der Waals surface area contributed by atoms with Crippen LogP contribution in [0, 0.1) is 11.6 Å². The molecule has 2 atom stereocenters. The van der Waals surface area contributed by atoms with Crippen molar-refractivity contribution in [3.63, 3.8) is 0 Å². The molecule has 1 aromatic rings. The maximum absolute atomic E-state index is 13.2. The van der Waals surface area contributed by atoms with Crippen molar-refractivity contribution in [3.05, 3.63) is 35.4 Å². The molecule has 2 N–H and O–H groups in total. The van der Waals surface area contributed by atoms with Gasteiger partial charge < -0.3 is 10.6 Å². The van der Waals surface area contributed by atoms with Crippen molar-refractivity contribution in [2.24, 2.45) is 0 Å². The van der Waals surface area contributed by atoms with E-state index in [1.807, 2.05) is 0 Å². The Kier molecular flexibility index (Phi) is 5.67. The van der Waals surface area contributed by atoms with E-state index in [0.717, 1.165) is 31.5 Å². The van der Waals surface area contributed by atoms with Gasteiger partial charge in [0, 0.05) is 12.5 Å². The van der Waals surface area contributed by atoms with Gasteiger partial charge in [0.15, 0.2) is 11.6 Å². The number of rotatable bonds is 5. The predicted molar refractivity (Wildman–Crippen MR) is 77.8 cm³/mol. The van der Waals surface area contributed by atoms with Gasteiger partial charge in [0.25, 0.3) is 0 Å². The summed E-state index contributed by atoms with van der Waals surface area (Å²) in [4.78, 5) is 11.9. The van der Waals surface area contributed by atoms with Gasteiger partial charge >= 0.3 is 0 Å². The third-order valence-corrected chi connectivity index (χ3v) is 3.95. The molecular weight excluding hydrogens is 274 g/mol. The highest BCUT2D eigenvalue weighted by molar-refractivity contribution is 5.76. The van der Waals surface area contributed by atoms with Gasteiger partial charge in [-0.2, -0.15) is 0 Å². The smallest absolute Gasteiger partial charge is 0.220 e. The average molecular weight is 296 g/mol. The molecule has 1 aliphatic heterocycles. The van der Waals surface area contributed by atoms with Crippen LogP contribution in [0.1, 0.15) is 50.6 Å². The molecular formula is C16H22F2N2O. The third-order valence-electron chi connectivity index (χ3n) is 3.95. The molecule has 2 unspecified atom stereocenters. The molecule has 0 saturated carbocycles. The molecule has 1 amide bonds. The Labute approximate surface area is 124 Å². The van der Waals surface area contributed by atoms with E-state index >= 15 is 0 Å². The molecule has 1 aliphatic rings. The van der Waals surface area contributed by atoms with E-state index in [0.29, 0.717) is 18.0 Å². The number of halogens is 2. The first-order valence-electron chi connectivity index (χ1n) is 7.54. The predicted octanol–water partition coefficient (Wildman–Crippen LogP) is 3.06. The van der Waals surface area contributed by atoms with Crippen LogP contribution < -0.4 is 10.6 Å². The Morgan fingerprint density at radius 1 is 1.38 bits per heavy atom. The molecule has 0 bridgehead atoms. The van der Waals surface area contributed by atoms with E-state index in [1.165, 1.54) is 18.9 Å². The first-order valence-corrected chi connectivity index (χ1v) is 7.54. The lowest BCUT2D eigenvalue weighted by molar-refractivity contribution is -0.122. The summed E-state index contributed by atoms with van der Waals surface area (Å²) in [6, 6.07) is 3.80. The van der Waals surface area contributed by atoms with Crippen molar-refractivity contribution < 1.29 is 13.6 Å². The Bertz CT molecular complexity index is 487. The standard InChI is InChI=1S/C16H22F2N2O/c1-11(12-5-7-14(17)15(18)10-12)20-16(21)8-6-13-4-2-3-9-19-13/h5,7,10-11,13,19H,2-4,6,8-9H2,1H3,(H,20,21). The second-order valence-electron chi connectivity index (χ2n) is 5.65. The summed E-state index contributed by atoms with van der Waals surface area (Å²) in [5, 5.41) is 6.23. The van der Waals surface area contributed by atoms with Crippen molar-refractivity contribution >= 4 is 5.91 Å². The second kappa shape index (κ2) is 7.50. The van der Waals surface area contributed by atoms with Gasteiger partial charge in [0.1, 0.15) is 0 Å². The fourth-order valence-corrected chi connectivity index (χ4v) is 2.65. The van der Waals surface area contributed by atoms with Gasteiger partial charge in [-0.1, -0.05) is 12.5 Å². The van der Waals surface area contributed by atoms with Crippen LogP contribution in [-0.4, -0.2) is 18.5 Å².